The van der Waals surface area contributed by atoms with E-state index in [1.54, 1.807) is 31.3 Å². The lowest BCUT2D eigenvalue weighted by Crippen LogP contribution is -2.56. The van der Waals surface area contributed by atoms with Gasteiger partial charge in [-0.15, -0.1) is 0 Å². The van der Waals surface area contributed by atoms with Crippen molar-refractivity contribution in [2.24, 2.45) is 0 Å². The second kappa shape index (κ2) is 6.81. The first-order valence-electron chi connectivity index (χ1n) is 7.57. The number of carbonyl (C=O) groups excluding carboxylic acids is 1. The molecule has 3 rings (SSSR count). The molecule has 0 saturated carbocycles. The standard InChI is InChI=1S/C18H19ClN2O3/c1-11-8-9-12(10-14(11)19)21-16(18(23-2)24-3)20-15-7-5-4-6-13(15)17(21)22/h4-10,16,18,20H,1-3H3/t16-/m1/s1. The lowest BCUT2D eigenvalue weighted by atomic mass is 10.1. The number of nitrogens with one attached hydrogen (secondary N) is 1. The van der Waals surface area contributed by atoms with Crippen LogP contribution in [0.25, 0.3) is 0 Å². The number of amides is 1. The van der Waals surface area contributed by atoms with Crippen LogP contribution in [0, 0.1) is 6.92 Å². The van der Waals surface area contributed by atoms with E-state index in [0.717, 1.165) is 11.3 Å². The predicted molar refractivity (Wildman–Crippen MR) is 94.7 cm³/mol. The Morgan fingerprint density at radius 2 is 1.88 bits per heavy atom. The summed E-state index contributed by atoms with van der Waals surface area (Å²) in [6.07, 6.45) is -1.15. The van der Waals surface area contributed by atoms with Crippen LogP contribution < -0.4 is 10.2 Å². The van der Waals surface area contributed by atoms with Gasteiger partial charge in [0.1, 0.15) is 0 Å². The molecule has 24 heavy (non-hydrogen) atoms. The molecule has 0 saturated heterocycles. The Bertz CT molecular complexity index is 762. The highest BCUT2D eigenvalue weighted by Crippen LogP contribution is 2.33. The highest BCUT2D eigenvalue weighted by atomic mass is 35.5. The second-order valence-corrected chi connectivity index (χ2v) is 5.99. The number of carbonyl (C=O) groups is 1. The van der Waals surface area contributed by atoms with Crippen LogP contribution in [0.15, 0.2) is 42.5 Å². The topological polar surface area (TPSA) is 50.8 Å². The molecule has 2 aromatic carbocycles. The second-order valence-electron chi connectivity index (χ2n) is 5.58. The monoisotopic (exact) mass is 346 g/mol. The number of para-hydroxylation sites is 1. The average Bonchev–Trinajstić information content (AvgIpc) is 2.59. The number of aryl methyl sites for hydroxylation is 1. The van der Waals surface area contributed by atoms with Crippen LogP contribution in [0.2, 0.25) is 5.02 Å². The van der Waals surface area contributed by atoms with Gasteiger partial charge in [-0.25, -0.2) is 0 Å². The number of ether oxygens (including phenoxy) is 2. The maximum atomic E-state index is 13.1. The van der Waals surface area contributed by atoms with E-state index >= 15 is 0 Å². The molecular formula is C18H19ClN2O3. The summed E-state index contributed by atoms with van der Waals surface area (Å²) in [5.41, 5.74) is 2.98. The lowest BCUT2D eigenvalue weighted by molar-refractivity contribution is -0.111. The van der Waals surface area contributed by atoms with Crippen molar-refractivity contribution in [1.29, 1.82) is 0 Å². The van der Waals surface area contributed by atoms with Crippen molar-refractivity contribution in [3.8, 4) is 0 Å². The third-order valence-electron chi connectivity index (χ3n) is 4.11. The van der Waals surface area contributed by atoms with E-state index in [4.69, 9.17) is 21.1 Å². The fourth-order valence-corrected chi connectivity index (χ4v) is 3.00. The van der Waals surface area contributed by atoms with E-state index in [0.29, 0.717) is 16.3 Å². The molecule has 0 aliphatic carbocycles. The summed E-state index contributed by atoms with van der Waals surface area (Å²) in [7, 11) is 3.09. The molecule has 0 radical (unpaired) electrons. The minimum absolute atomic E-state index is 0.131. The molecule has 1 amide bonds. The summed E-state index contributed by atoms with van der Waals surface area (Å²) in [6.45, 7) is 1.92. The third kappa shape index (κ3) is 2.86. The molecule has 1 aliphatic heterocycles. The van der Waals surface area contributed by atoms with Gasteiger partial charge in [-0.3, -0.25) is 9.69 Å². The van der Waals surface area contributed by atoms with E-state index < -0.39 is 12.5 Å². The zero-order chi connectivity index (χ0) is 17.3. The smallest absolute Gasteiger partial charge is 0.262 e. The highest BCUT2D eigenvalue weighted by Gasteiger charge is 2.38. The van der Waals surface area contributed by atoms with Crippen molar-refractivity contribution in [3.63, 3.8) is 0 Å². The van der Waals surface area contributed by atoms with E-state index in [1.807, 2.05) is 37.3 Å². The van der Waals surface area contributed by atoms with Gasteiger partial charge in [0, 0.05) is 30.6 Å². The number of hydrogen-bond donors (Lipinski definition) is 1. The van der Waals surface area contributed by atoms with Gasteiger partial charge in [0.25, 0.3) is 5.91 Å². The van der Waals surface area contributed by atoms with Gasteiger partial charge in [0.2, 0.25) is 0 Å². The molecule has 1 aliphatic rings. The number of nitrogens with zero attached hydrogens (tertiary/aromatic N) is 1. The number of anilines is 2. The summed E-state index contributed by atoms with van der Waals surface area (Å²) in [4.78, 5) is 14.7. The van der Waals surface area contributed by atoms with E-state index in [9.17, 15) is 4.79 Å². The number of benzene rings is 2. The molecule has 0 aromatic heterocycles. The lowest BCUT2D eigenvalue weighted by Gasteiger charge is -2.40. The van der Waals surface area contributed by atoms with Crippen LogP contribution in [-0.4, -0.2) is 32.6 Å². The summed E-state index contributed by atoms with van der Waals surface area (Å²) in [5, 5.41) is 3.93. The maximum absolute atomic E-state index is 13.1. The average molecular weight is 347 g/mol. The fourth-order valence-electron chi connectivity index (χ4n) is 2.83. The number of methoxy groups -OCH3 is 2. The minimum Gasteiger partial charge on any atom is -0.360 e. The van der Waals surface area contributed by atoms with E-state index in [2.05, 4.69) is 5.32 Å². The molecule has 6 heteroatoms. The molecule has 1 N–H and O–H groups in total. The Kier molecular flexibility index (Phi) is 4.76. The SMILES string of the molecule is COC(OC)[C@@H]1Nc2ccccc2C(=O)N1c1ccc(C)c(Cl)c1. The molecule has 1 atom stereocenters. The third-order valence-corrected chi connectivity index (χ3v) is 4.52. The van der Waals surface area contributed by atoms with Crippen molar-refractivity contribution in [2.75, 3.05) is 24.4 Å². The van der Waals surface area contributed by atoms with Gasteiger partial charge in [-0.05, 0) is 36.8 Å². The first-order chi connectivity index (χ1) is 11.6. The molecule has 0 spiro atoms. The number of rotatable bonds is 4. The Balaban J connectivity index is 2.11. The molecule has 0 fully saturated rings. The van der Waals surface area contributed by atoms with Crippen LogP contribution in [0.3, 0.4) is 0 Å². The van der Waals surface area contributed by atoms with Gasteiger partial charge >= 0.3 is 0 Å². The zero-order valence-electron chi connectivity index (χ0n) is 13.7. The summed E-state index contributed by atoms with van der Waals surface area (Å²) in [6, 6.07) is 12.9. The maximum Gasteiger partial charge on any atom is 0.262 e. The van der Waals surface area contributed by atoms with Crippen molar-refractivity contribution >= 4 is 28.9 Å². The fraction of sp³-hybridized carbons (Fsp3) is 0.278. The largest absolute Gasteiger partial charge is 0.360 e. The quantitative estimate of drug-likeness (QED) is 0.858. The van der Waals surface area contributed by atoms with Gasteiger partial charge in [0.05, 0.1) is 5.56 Å². The molecule has 5 nitrogen and oxygen atoms in total. The molecule has 2 aromatic rings. The molecule has 0 unspecified atom stereocenters. The van der Waals surface area contributed by atoms with Crippen molar-refractivity contribution in [3.05, 3.63) is 58.6 Å². The van der Waals surface area contributed by atoms with Crippen molar-refractivity contribution in [2.45, 2.75) is 19.4 Å². The van der Waals surface area contributed by atoms with E-state index in [-0.39, 0.29) is 5.91 Å². The van der Waals surface area contributed by atoms with Crippen LogP contribution in [-0.2, 0) is 9.47 Å². The summed E-state index contributed by atoms with van der Waals surface area (Å²) in [5.74, 6) is -0.131. The highest BCUT2D eigenvalue weighted by molar-refractivity contribution is 6.31. The van der Waals surface area contributed by atoms with Gasteiger partial charge in [0.15, 0.2) is 12.5 Å². The Hall–Kier alpha value is -2.08. The van der Waals surface area contributed by atoms with Gasteiger partial charge in [-0.1, -0.05) is 29.8 Å². The first-order valence-corrected chi connectivity index (χ1v) is 7.95. The molecule has 0 bridgehead atoms. The zero-order valence-corrected chi connectivity index (χ0v) is 14.5. The number of fused-ring (bicyclic) bond motifs is 1. The summed E-state index contributed by atoms with van der Waals surface area (Å²) >= 11 is 6.26. The molecule has 126 valence electrons. The Morgan fingerprint density at radius 1 is 1.17 bits per heavy atom. The van der Waals surface area contributed by atoms with Crippen molar-refractivity contribution < 1.29 is 14.3 Å². The molecular weight excluding hydrogens is 328 g/mol. The summed E-state index contributed by atoms with van der Waals surface area (Å²) < 4.78 is 10.8. The van der Waals surface area contributed by atoms with Crippen LogP contribution >= 0.6 is 11.6 Å². The van der Waals surface area contributed by atoms with Gasteiger partial charge in [-0.2, -0.15) is 0 Å². The van der Waals surface area contributed by atoms with Crippen molar-refractivity contribution in [1.82, 2.24) is 0 Å². The van der Waals surface area contributed by atoms with Crippen LogP contribution in [0.1, 0.15) is 15.9 Å². The van der Waals surface area contributed by atoms with Crippen LogP contribution in [0.4, 0.5) is 11.4 Å². The Morgan fingerprint density at radius 3 is 2.54 bits per heavy atom. The minimum atomic E-state index is -0.637. The number of halogens is 1. The predicted octanol–water partition coefficient (Wildman–Crippen LogP) is 3.67. The first kappa shape index (κ1) is 16.8. The normalized spacial score (nSPS) is 17.0. The number of hydrogen-bond acceptors (Lipinski definition) is 4. The van der Waals surface area contributed by atoms with E-state index in [1.165, 1.54) is 0 Å². The van der Waals surface area contributed by atoms with Crippen LogP contribution in [0.5, 0.6) is 0 Å². The Labute approximate surface area is 146 Å². The molecule has 1 heterocycles. The van der Waals surface area contributed by atoms with Gasteiger partial charge < -0.3 is 14.8 Å².